The molecule has 3 heterocycles. The Balaban J connectivity index is 1.74. The summed E-state index contributed by atoms with van der Waals surface area (Å²) in [6.07, 6.45) is 0. The van der Waals surface area contributed by atoms with Crippen molar-refractivity contribution in [2.45, 2.75) is 11.4 Å². The molecular formula is C16H14ClN5O4S2. The number of carboxylic acid groups (broad SMARTS) is 1. The van der Waals surface area contributed by atoms with E-state index in [9.17, 15) is 19.5 Å². The number of halogens is 1. The van der Waals surface area contributed by atoms with E-state index in [1.54, 1.807) is 18.2 Å². The number of aromatic nitrogens is 1. The fourth-order valence-electron chi connectivity index (χ4n) is 3.31. The first-order valence-electron chi connectivity index (χ1n) is 8.08. The fraction of sp³-hybridized carbons (Fsp3) is 0.250. The van der Waals surface area contributed by atoms with Gasteiger partial charge in [-0.25, -0.2) is 9.78 Å². The minimum absolute atomic E-state index is 0.0941. The highest BCUT2D eigenvalue weighted by molar-refractivity contribution is 8.00. The quantitative estimate of drug-likeness (QED) is 0.598. The molecule has 28 heavy (non-hydrogen) atoms. The average molecular weight is 440 g/mol. The van der Waals surface area contributed by atoms with E-state index in [1.807, 2.05) is 0 Å². The molecule has 0 spiro atoms. The maximum absolute atomic E-state index is 12.8. The summed E-state index contributed by atoms with van der Waals surface area (Å²) in [5.74, 6) is -2.02. The summed E-state index contributed by atoms with van der Waals surface area (Å²) in [4.78, 5) is 43.6. The number of aliphatic carboxylic acids is 1. The molecule has 4 rings (SSSR count). The van der Waals surface area contributed by atoms with Gasteiger partial charge in [0, 0.05) is 11.4 Å². The summed E-state index contributed by atoms with van der Waals surface area (Å²) in [6, 6.07) is 4.25. The lowest BCUT2D eigenvalue weighted by Gasteiger charge is -2.52. The maximum atomic E-state index is 12.8. The Kier molecular flexibility index (Phi) is 4.70. The van der Waals surface area contributed by atoms with Gasteiger partial charge in [0.2, 0.25) is 5.91 Å². The molecule has 2 aliphatic rings. The lowest BCUT2D eigenvalue weighted by Crippen LogP contribution is -2.72. The van der Waals surface area contributed by atoms with Crippen LogP contribution in [-0.2, 0) is 14.4 Å². The van der Waals surface area contributed by atoms with Crippen LogP contribution in [0.5, 0.6) is 0 Å². The molecule has 1 fully saturated rings. The molecule has 146 valence electrons. The van der Waals surface area contributed by atoms with Gasteiger partial charge in [0.25, 0.3) is 5.91 Å². The highest BCUT2D eigenvalue weighted by atomic mass is 35.5. The minimum Gasteiger partial charge on any atom is -0.477 e. The van der Waals surface area contributed by atoms with Gasteiger partial charge < -0.3 is 16.6 Å². The number of β-lactam (4-membered cyclic amide) rings is 1. The number of thioether (sulfide) groups is 1. The third kappa shape index (κ3) is 2.82. The zero-order chi connectivity index (χ0) is 20.2. The summed E-state index contributed by atoms with van der Waals surface area (Å²) >= 11 is 8.61. The molecule has 2 amide bonds. The van der Waals surface area contributed by atoms with E-state index in [1.165, 1.54) is 28.0 Å². The molecule has 5 N–H and O–H groups in total. The Morgan fingerprint density at radius 2 is 2.18 bits per heavy atom. The number of thiazole rings is 1. The Morgan fingerprint density at radius 3 is 2.86 bits per heavy atom. The lowest BCUT2D eigenvalue weighted by molar-refractivity contribution is -0.148. The third-order valence-electron chi connectivity index (χ3n) is 4.48. The van der Waals surface area contributed by atoms with E-state index < -0.39 is 29.2 Å². The van der Waals surface area contributed by atoms with Gasteiger partial charge in [-0.1, -0.05) is 22.9 Å². The number of anilines is 2. The smallest absolute Gasteiger partial charge is 0.353 e. The number of rotatable bonds is 4. The van der Waals surface area contributed by atoms with Gasteiger partial charge in [0.15, 0.2) is 5.13 Å². The summed E-state index contributed by atoms with van der Waals surface area (Å²) in [5.41, 5.74) is 12.1. The van der Waals surface area contributed by atoms with E-state index >= 15 is 0 Å². The molecule has 2 unspecified atom stereocenters. The van der Waals surface area contributed by atoms with Crippen LogP contribution in [0.15, 0.2) is 28.9 Å². The number of nitrogens with zero attached hydrogens (tertiary/aromatic N) is 3. The number of fused-ring (bicyclic) bond motifs is 2. The Bertz CT molecular complexity index is 1050. The number of hydrogen-bond acceptors (Lipinski definition) is 8. The molecule has 1 aromatic carbocycles. The summed E-state index contributed by atoms with van der Waals surface area (Å²) < 4.78 is 0.845. The fourth-order valence-corrected chi connectivity index (χ4v) is 5.62. The number of nitrogen functional groups attached to an aromatic ring is 1. The zero-order valence-corrected chi connectivity index (χ0v) is 16.6. The van der Waals surface area contributed by atoms with Crippen molar-refractivity contribution in [3.05, 3.63) is 28.9 Å². The number of amides is 2. The van der Waals surface area contributed by atoms with Crippen LogP contribution in [0.4, 0.5) is 10.8 Å². The molecule has 2 aliphatic heterocycles. The number of nitrogens with two attached hydrogens (primary N) is 2. The van der Waals surface area contributed by atoms with Crippen molar-refractivity contribution >= 4 is 73.5 Å². The molecule has 0 bridgehead atoms. The van der Waals surface area contributed by atoms with E-state index in [0.717, 1.165) is 9.60 Å². The molecule has 0 radical (unpaired) electrons. The third-order valence-corrected chi connectivity index (χ3v) is 7.09. The van der Waals surface area contributed by atoms with Gasteiger partial charge in [-0.3, -0.25) is 19.4 Å². The molecule has 2 atom stereocenters. The van der Waals surface area contributed by atoms with Gasteiger partial charge in [-0.05, 0) is 18.2 Å². The van der Waals surface area contributed by atoms with Crippen LogP contribution in [0.1, 0.15) is 0 Å². The Morgan fingerprint density at radius 1 is 1.43 bits per heavy atom. The number of carbonyl (C=O) groups excluding carboxylic acids is 2. The zero-order valence-electron chi connectivity index (χ0n) is 14.2. The van der Waals surface area contributed by atoms with Crippen LogP contribution in [0, 0.1) is 0 Å². The lowest BCUT2D eigenvalue weighted by atomic mass is 10.0. The van der Waals surface area contributed by atoms with E-state index in [4.69, 9.17) is 23.1 Å². The van der Waals surface area contributed by atoms with Gasteiger partial charge in [-0.15, -0.1) is 11.8 Å². The minimum atomic E-state index is -1.28. The SMILES string of the molecule is NCC(=O)N(c1ccc2sc(N)nc2c1)C1C(=O)N2C(C(=O)O)=C(Cl)CSC12. The number of hydrogen-bond donors (Lipinski definition) is 3. The molecule has 0 aliphatic carbocycles. The average Bonchev–Trinajstić information content (AvgIpc) is 3.04. The van der Waals surface area contributed by atoms with Crippen LogP contribution in [0.25, 0.3) is 10.2 Å². The second-order valence-corrected chi connectivity index (χ2v) is 8.71. The molecule has 0 saturated carbocycles. The predicted octanol–water partition coefficient (Wildman–Crippen LogP) is 0.989. The van der Waals surface area contributed by atoms with Crippen LogP contribution >= 0.6 is 34.7 Å². The standard InChI is InChI=1S/C16H14ClN5O4S2/c17-7-5-27-14-12(13(24)22(14)11(7)15(25)26)21(10(23)4-18)6-1-2-9-8(3-6)20-16(19)28-9/h1-3,12,14H,4-5,18H2,(H2,19,20)(H,25,26). The van der Waals surface area contributed by atoms with E-state index in [2.05, 4.69) is 4.98 Å². The van der Waals surface area contributed by atoms with E-state index in [0.29, 0.717) is 16.3 Å². The summed E-state index contributed by atoms with van der Waals surface area (Å²) in [5, 5.41) is 9.33. The summed E-state index contributed by atoms with van der Waals surface area (Å²) in [6.45, 7) is -0.305. The van der Waals surface area contributed by atoms with Gasteiger partial charge in [0.1, 0.15) is 17.1 Å². The highest BCUT2D eigenvalue weighted by Gasteiger charge is 2.57. The van der Waals surface area contributed by atoms with Crippen molar-refractivity contribution in [3.8, 4) is 0 Å². The largest absolute Gasteiger partial charge is 0.477 e. The highest BCUT2D eigenvalue weighted by Crippen LogP contribution is 2.44. The number of benzene rings is 1. The van der Waals surface area contributed by atoms with Gasteiger partial charge in [-0.2, -0.15) is 0 Å². The van der Waals surface area contributed by atoms with Crippen molar-refractivity contribution in [1.29, 1.82) is 0 Å². The first-order valence-corrected chi connectivity index (χ1v) is 10.3. The Labute approximate surface area is 171 Å². The summed E-state index contributed by atoms with van der Waals surface area (Å²) in [7, 11) is 0. The topological polar surface area (TPSA) is 143 Å². The van der Waals surface area contributed by atoms with Crippen LogP contribution in [0.3, 0.4) is 0 Å². The van der Waals surface area contributed by atoms with Crippen molar-refractivity contribution in [3.63, 3.8) is 0 Å². The van der Waals surface area contributed by atoms with Crippen molar-refractivity contribution in [1.82, 2.24) is 9.88 Å². The van der Waals surface area contributed by atoms with Gasteiger partial charge in [0.05, 0.1) is 21.8 Å². The van der Waals surface area contributed by atoms with Crippen LogP contribution < -0.4 is 16.4 Å². The maximum Gasteiger partial charge on any atom is 0.353 e. The molecule has 1 aromatic heterocycles. The van der Waals surface area contributed by atoms with Crippen LogP contribution in [0.2, 0.25) is 0 Å². The number of carboxylic acids is 1. The molecule has 1 saturated heterocycles. The van der Waals surface area contributed by atoms with Gasteiger partial charge >= 0.3 is 5.97 Å². The normalized spacial score (nSPS) is 21.5. The van der Waals surface area contributed by atoms with E-state index in [-0.39, 0.29) is 23.0 Å². The first kappa shape index (κ1) is 19.0. The second-order valence-electron chi connectivity index (χ2n) is 6.09. The van der Waals surface area contributed by atoms with Crippen molar-refractivity contribution < 1.29 is 19.5 Å². The molecule has 2 aromatic rings. The monoisotopic (exact) mass is 439 g/mol. The predicted molar refractivity (Wildman–Crippen MR) is 108 cm³/mol. The van der Waals surface area contributed by atoms with Crippen LogP contribution in [-0.4, -0.2) is 56.5 Å². The molecule has 12 heteroatoms. The number of carbonyl (C=O) groups is 3. The molecule has 9 nitrogen and oxygen atoms in total. The Hall–Kier alpha value is -2.34. The van der Waals surface area contributed by atoms with Crippen molar-refractivity contribution in [2.75, 3.05) is 22.9 Å². The second kappa shape index (κ2) is 6.92. The first-order chi connectivity index (χ1) is 13.3. The van der Waals surface area contributed by atoms with Crippen molar-refractivity contribution in [2.24, 2.45) is 5.73 Å². The molecular weight excluding hydrogens is 426 g/mol.